The van der Waals surface area contributed by atoms with Gasteiger partial charge in [0.1, 0.15) is 59.4 Å². The molecule has 22 heteroatoms. The van der Waals surface area contributed by atoms with Crippen LogP contribution < -0.4 is 14.8 Å². The Labute approximate surface area is 477 Å². The lowest BCUT2D eigenvalue weighted by atomic mass is 9.42. The minimum Gasteiger partial charge on any atom is -0.508 e. The third-order valence-corrected chi connectivity index (χ3v) is 20.8. The molecule has 0 radical (unpaired) electrons. The second-order valence-electron chi connectivity index (χ2n) is 25.0. The Balaban J connectivity index is 0.682. The van der Waals surface area contributed by atoms with Gasteiger partial charge in [0.05, 0.1) is 47.6 Å². The van der Waals surface area contributed by atoms with Crippen LogP contribution in [0.3, 0.4) is 0 Å². The molecule has 4 aliphatic heterocycles. The van der Waals surface area contributed by atoms with Crippen molar-refractivity contribution in [3.05, 3.63) is 107 Å². The Morgan fingerprint density at radius 3 is 2.33 bits per heavy atom. The van der Waals surface area contributed by atoms with Crippen LogP contribution in [0.1, 0.15) is 113 Å². The van der Waals surface area contributed by atoms with E-state index in [2.05, 4.69) is 15.6 Å². The summed E-state index contributed by atoms with van der Waals surface area (Å²) in [5.41, 5.74) is -5.76. The van der Waals surface area contributed by atoms with Gasteiger partial charge in [-0.05, 0) is 81.4 Å². The number of nitrogens with zero attached hydrogens (tertiary/aromatic N) is 3. The summed E-state index contributed by atoms with van der Waals surface area (Å²) >= 11 is 0. The van der Waals surface area contributed by atoms with Crippen LogP contribution in [0.5, 0.6) is 23.0 Å². The molecule has 1 amide bonds. The maximum atomic E-state index is 14.2. The first-order valence-electron chi connectivity index (χ1n) is 28.7. The Kier molecular flexibility index (Phi) is 12.8. The van der Waals surface area contributed by atoms with E-state index >= 15 is 0 Å². The van der Waals surface area contributed by atoms with Crippen LogP contribution in [0.25, 0.3) is 0 Å². The zero-order valence-electron chi connectivity index (χ0n) is 46.7. The predicted octanol–water partition coefficient (Wildman–Crippen LogP) is 4.01. The van der Waals surface area contributed by atoms with Crippen molar-refractivity contribution in [2.24, 2.45) is 52.3 Å². The summed E-state index contributed by atoms with van der Waals surface area (Å²) in [5.74, 6) is -9.49. The molecule has 1 spiro atoms. The fraction of sp³-hybridized carbons (Fsp3) is 0.557. The molecule has 7 N–H and O–H groups in total. The first-order valence-corrected chi connectivity index (χ1v) is 28.7. The van der Waals surface area contributed by atoms with Crippen molar-refractivity contribution >= 4 is 29.8 Å². The molecule has 2 saturated heterocycles. The number of carbonyl (C=O) groups is 5. The van der Waals surface area contributed by atoms with Gasteiger partial charge >= 0.3 is 23.9 Å². The summed E-state index contributed by atoms with van der Waals surface area (Å²) < 4.78 is 44.4. The smallest absolute Gasteiger partial charge is 0.343 e. The number of phenolic OH excluding ortho intramolecular Hbond substituents is 1. The number of aryl methyl sites for hydroxylation is 1. The number of benzene rings is 3. The number of phenols is 1. The molecule has 5 aliphatic carbocycles. The molecule has 2 unspecified atom stereocenters. The number of epoxide rings is 1. The molecule has 440 valence electrons. The molecule has 5 heterocycles. The molecule has 22 nitrogen and oxygen atoms in total. The highest BCUT2D eigenvalue weighted by atomic mass is 16.6. The quantitative estimate of drug-likeness (QED) is 0.0430. The lowest BCUT2D eigenvalue weighted by molar-refractivity contribution is -0.304. The lowest BCUT2D eigenvalue weighted by Crippen LogP contribution is -2.79. The van der Waals surface area contributed by atoms with E-state index in [-0.39, 0.29) is 30.4 Å². The summed E-state index contributed by atoms with van der Waals surface area (Å²) in [5, 5.41) is 85.6. The van der Waals surface area contributed by atoms with E-state index in [1.165, 1.54) is 19.1 Å². The van der Waals surface area contributed by atoms with Crippen LogP contribution in [0, 0.1) is 52.3 Å². The zero-order valence-corrected chi connectivity index (χ0v) is 46.7. The molecule has 3 aromatic carbocycles. The van der Waals surface area contributed by atoms with E-state index in [9.17, 15) is 54.6 Å². The highest BCUT2D eigenvalue weighted by molar-refractivity contribution is 5.97. The zero-order chi connectivity index (χ0) is 58.6. The van der Waals surface area contributed by atoms with Gasteiger partial charge in [-0.3, -0.25) is 19.1 Å². The maximum absolute atomic E-state index is 14.2. The van der Waals surface area contributed by atoms with Crippen molar-refractivity contribution in [2.45, 2.75) is 159 Å². The Morgan fingerprint density at radius 1 is 0.831 bits per heavy atom. The van der Waals surface area contributed by atoms with Crippen LogP contribution in [0.15, 0.2) is 78.7 Å². The normalized spacial score (nSPS) is 39.7. The Bertz CT molecular complexity index is 3400. The fourth-order valence-corrected chi connectivity index (χ4v) is 17.1. The topological polar surface area (TPSA) is 317 Å². The second kappa shape index (κ2) is 19.3. The lowest BCUT2D eigenvalue weighted by Gasteiger charge is -2.66. The first kappa shape index (κ1) is 55.3. The maximum Gasteiger partial charge on any atom is 0.343 e. The SMILES string of the molecule is CC(=O)O[C@H]1[C@H]2[C@@H]([C@@H](O)[C@@H](NC(=O)CCCCCCn3cc(COc4ccc5c(c4)Oc4cc(O)ccc4C54OC(=O)c5ccccc54)nn3)C3C[C@@H]4O[C@@H]4[C@H](O)[C@@]32C)[C@@H]2[C@@H](O)[C@@H]3[C@H]([C@H](C)C=C4OC(=O)[C@@](C)(O)[C@@]43C)[C@@]2(OC(C)=O)[C@H]1O. The van der Waals surface area contributed by atoms with Gasteiger partial charge in [0.2, 0.25) is 5.91 Å². The summed E-state index contributed by atoms with van der Waals surface area (Å²) in [6, 6.07) is 16.1. The van der Waals surface area contributed by atoms with Gasteiger partial charge < -0.3 is 69.1 Å². The van der Waals surface area contributed by atoms with Crippen LogP contribution in [0.4, 0.5) is 0 Å². The van der Waals surface area contributed by atoms with E-state index in [0.29, 0.717) is 77.4 Å². The largest absolute Gasteiger partial charge is 0.508 e. The summed E-state index contributed by atoms with van der Waals surface area (Å²) in [7, 11) is 0. The second-order valence-corrected chi connectivity index (χ2v) is 25.0. The molecule has 9 aliphatic rings. The minimum absolute atomic E-state index is 0.0125. The van der Waals surface area contributed by atoms with Crippen LogP contribution in [-0.2, 0) is 61.6 Å². The van der Waals surface area contributed by atoms with Gasteiger partial charge in [-0.25, -0.2) is 9.59 Å². The van der Waals surface area contributed by atoms with Crippen molar-refractivity contribution in [1.29, 1.82) is 0 Å². The number of allylic oxidation sites excluding steroid dienone is 1. The number of aromatic nitrogens is 3. The third kappa shape index (κ3) is 7.84. The van der Waals surface area contributed by atoms with Crippen molar-refractivity contribution in [3.8, 4) is 23.0 Å². The van der Waals surface area contributed by atoms with Crippen LogP contribution in [-0.4, -0.2) is 135 Å². The number of ether oxygens (including phenoxy) is 7. The van der Waals surface area contributed by atoms with Crippen LogP contribution in [0.2, 0.25) is 0 Å². The van der Waals surface area contributed by atoms with E-state index in [1.807, 2.05) is 12.1 Å². The average Bonchev–Trinajstić information content (AvgIpc) is 1.59. The number of aliphatic hydroxyl groups excluding tert-OH is 4. The monoisotopic (exact) mass is 1140 g/mol. The number of esters is 4. The Morgan fingerprint density at radius 2 is 1.57 bits per heavy atom. The molecule has 6 fully saturated rings. The molecule has 1 aromatic heterocycles. The fourth-order valence-electron chi connectivity index (χ4n) is 17.1. The van der Waals surface area contributed by atoms with Gasteiger partial charge in [0.15, 0.2) is 16.8 Å². The standard InChI is InChI=1S/C61H68N4O18/c1-27-21-41-58(5,59(6,76)56(75)81-41)47-44(27)61(82-29(3)67)45(50(47)71)43-46(52(54(61)73)78-28(2)66)57(4)37(24-40-51(80-40)53(57)72)48(49(43)70)62-42(69)15-9-7-8-12-20-65-25-30(63-64-65)26-77-32-17-19-36-39(23-32)79-38-22-31(68)16-18-35(38)60(36)34-14-11-10-13-33(34)55(74)83-60/h10-11,13-14,16-19,21-23,25,27,37,40,43-54,68,70-73,76H,7-9,12,15,20,24,26H2,1-6H3,(H,62,69)/t27-,37?,40+,43+,44+,45-,46-,47+,48+,49-,50-,51+,52+,53+,54+,57+,58+,59-,60?,61+/m1/s1. The number of fused-ring (bicyclic) bond motifs is 16. The molecular weight excluding hydrogens is 1080 g/mol. The number of aromatic hydroxyl groups is 1. The highest BCUT2D eigenvalue weighted by Crippen LogP contribution is 2.74. The van der Waals surface area contributed by atoms with Crippen molar-refractivity contribution in [3.63, 3.8) is 0 Å². The molecule has 13 rings (SSSR count). The third-order valence-electron chi connectivity index (χ3n) is 20.8. The van der Waals surface area contributed by atoms with Crippen molar-refractivity contribution < 1.29 is 87.8 Å². The van der Waals surface area contributed by atoms with E-state index in [0.717, 1.165) is 20.3 Å². The number of hydrogen-bond acceptors (Lipinski definition) is 20. The first-order chi connectivity index (χ1) is 39.5. The molecule has 4 saturated carbocycles. The number of nitrogens with one attached hydrogen (secondary N) is 1. The van der Waals surface area contributed by atoms with Gasteiger partial charge in [-0.15, -0.1) is 5.10 Å². The van der Waals surface area contributed by atoms with Crippen LogP contribution >= 0.6 is 0 Å². The molecule has 4 aromatic rings. The number of aliphatic hydroxyl groups is 5. The summed E-state index contributed by atoms with van der Waals surface area (Å²) in [4.78, 5) is 67.5. The molecular formula is C61H68N4O18. The number of unbranched alkanes of at least 4 members (excludes halogenated alkanes) is 3. The number of carbonyl (C=O) groups excluding carboxylic acids is 5. The van der Waals surface area contributed by atoms with Gasteiger partial charge in [-0.2, -0.15) is 0 Å². The van der Waals surface area contributed by atoms with Crippen molar-refractivity contribution in [2.75, 3.05) is 0 Å². The number of amides is 1. The van der Waals surface area contributed by atoms with Crippen molar-refractivity contribution in [1.82, 2.24) is 20.3 Å². The molecule has 83 heavy (non-hydrogen) atoms. The predicted molar refractivity (Wildman–Crippen MR) is 284 cm³/mol. The van der Waals surface area contributed by atoms with Gasteiger partial charge in [0.25, 0.3) is 0 Å². The minimum atomic E-state index is -2.21. The summed E-state index contributed by atoms with van der Waals surface area (Å²) in [6.45, 7) is 9.30. The van der Waals surface area contributed by atoms with E-state index < -0.39 is 142 Å². The van der Waals surface area contributed by atoms with Gasteiger partial charge in [-0.1, -0.05) is 50.1 Å². The highest BCUT2D eigenvalue weighted by Gasteiger charge is 2.84. The molecule has 20 atom stereocenters. The summed E-state index contributed by atoms with van der Waals surface area (Å²) in [6.07, 6.45) is -2.48. The Hall–Kier alpha value is -6.95. The van der Waals surface area contributed by atoms with Gasteiger partial charge in [0, 0.05) is 90.6 Å². The van der Waals surface area contributed by atoms with E-state index in [4.69, 9.17) is 33.2 Å². The van der Waals surface area contributed by atoms with E-state index in [1.54, 1.807) is 74.1 Å². The number of rotatable bonds is 13. The molecule has 0 bridgehead atoms. The average molecular weight is 1150 g/mol. The number of hydrogen-bond donors (Lipinski definition) is 7.